The summed E-state index contributed by atoms with van der Waals surface area (Å²) in [5.74, 6) is 0.0828. The second-order valence-corrected chi connectivity index (χ2v) is 6.13. The van der Waals surface area contributed by atoms with Crippen LogP contribution >= 0.6 is 22.9 Å². The number of halogens is 1. The van der Waals surface area contributed by atoms with Crippen molar-refractivity contribution >= 4 is 34.5 Å². The van der Waals surface area contributed by atoms with Gasteiger partial charge in [-0.2, -0.15) is 11.3 Å². The van der Waals surface area contributed by atoms with Gasteiger partial charge in [0.1, 0.15) is 0 Å². The molecular formula is C15H14ClNOS. The van der Waals surface area contributed by atoms with E-state index >= 15 is 0 Å². The Morgan fingerprint density at radius 3 is 2.74 bits per heavy atom. The average molecular weight is 292 g/mol. The summed E-state index contributed by atoms with van der Waals surface area (Å²) in [6, 6.07) is 9.59. The number of benzene rings is 1. The number of anilines is 1. The van der Waals surface area contributed by atoms with Crippen LogP contribution in [0.1, 0.15) is 24.8 Å². The number of carbonyl (C=O) groups is 1. The lowest BCUT2D eigenvalue weighted by atomic mass is 9.64. The first-order valence-corrected chi connectivity index (χ1v) is 7.62. The molecule has 2 aromatic rings. The fraction of sp³-hybridized carbons (Fsp3) is 0.267. The van der Waals surface area contributed by atoms with Crippen LogP contribution in [0.25, 0.3) is 0 Å². The van der Waals surface area contributed by atoms with E-state index in [0.717, 1.165) is 30.5 Å². The Bertz CT molecular complexity index is 590. The maximum atomic E-state index is 12.6. The molecule has 1 fully saturated rings. The van der Waals surface area contributed by atoms with Gasteiger partial charge in [-0.05, 0) is 42.0 Å². The van der Waals surface area contributed by atoms with Crippen LogP contribution in [0.15, 0.2) is 41.1 Å². The summed E-state index contributed by atoms with van der Waals surface area (Å²) in [7, 11) is 0. The summed E-state index contributed by atoms with van der Waals surface area (Å²) in [4.78, 5) is 12.6. The Morgan fingerprint density at radius 2 is 2.16 bits per heavy atom. The molecule has 0 unspecified atom stereocenters. The maximum absolute atomic E-state index is 12.6. The Kier molecular flexibility index (Phi) is 3.33. The molecule has 3 rings (SSSR count). The topological polar surface area (TPSA) is 29.1 Å². The minimum Gasteiger partial charge on any atom is -0.325 e. The first kappa shape index (κ1) is 12.7. The van der Waals surface area contributed by atoms with Gasteiger partial charge < -0.3 is 5.32 Å². The van der Waals surface area contributed by atoms with E-state index in [0.29, 0.717) is 5.02 Å². The minimum absolute atomic E-state index is 0.0828. The van der Waals surface area contributed by atoms with Gasteiger partial charge in [0.2, 0.25) is 5.91 Å². The highest BCUT2D eigenvalue weighted by Gasteiger charge is 2.45. The van der Waals surface area contributed by atoms with Crippen LogP contribution < -0.4 is 5.32 Å². The molecule has 1 saturated carbocycles. The largest absolute Gasteiger partial charge is 0.325 e. The van der Waals surface area contributed by atoms with Gasteiger partial charge in [-0.1, -0.05) is 30.2 Å². The number of thiophene rings is 1. The molecular weight excluding hydrogens is 278 g/mol. The van der Waals surface area contributed by atoms with Crippen LogP contribution in [-0.4, -0.2) is 5.91 Å². The van der Waals surface area contributed by atoms with E-state index in [1.54, 1.807) is 11.3 Å². The molecule has 0 spiro atoms. The van der Waals surface area contributed by atoms with Crippen molar-refractivity contribution in [3.63, 3.8) is 0 Å². The number of nitrogens with one attached hydrogen (secondary N) is 1. The molecule has 1 aromatic carbocycles. The molecule has 1 aromatic heterocycles. The van der Waals surface area contributed by atoms with Crippen LogP contribution in [0, 0.1) is 0 Å². The SMILES string of the molecule is O=C(Nc1ccsc1)C1(c2cccc(Cl)c2)CCC1. The smallest absolute Gasteiger partial charge is 0.235 e. The highest BCUT2D eigenvalue weighted by atomic mass is 35.5. The van der Waals surface area contributed by atoms with Crippen LogP contribution in [-0.2, 0) is 10.2 Å². The summed E-state index contributed by atoms with van der Waals surface area (Å²) < 4.78 is 0. The molecule has 0 aliphatic heterocycles. The molecule has 1 N–H and O–H groups in total. The van der Waals surface area contributed by atoms with E-state index in [2.05, 4.69) is 5.32 Å². The van der Waals surface area contributed by atoms with Crippen molar-refractivity contribution in [1.29, 1.82) is 0 Å². The van der Waals surface area contributed by atoms with Gasteiger partial charge in [0, 0.05) is 10.4 Å². The van der Waals surface area contributed by atoms with E-state index in [1.165, 1.54) is 0 Å². The predicted molar refractivity (Wildman–Crippen MR) is 79.9 cm³/mol. The monoisotopic (exact) mass is 291 g/mol. The van der Waals surface area contributed by atoms with Crippen LogP contribution in [0.5, 0.6) is 0 Å². The predicted octanol–water partition coefficient (Wildman–Crippen LogP) is 4.46. The number of carbonyl (C=O) groups excluding carboxylic acids is 1. The third-order valence-electron chi connectivity index (χ3n) is 3.80. The molecule has 98 valence electrons. The van der Waals surface area contributed by atoms with Crippen molar-refractivity contribution in [2.24, 2.45) is 0 Å². The fourth-order valence-electron chi connectivity index (χ4n) is 2.55. The van der Waals surface area contributed by atoms with Gasteiger partial charge in [0.05, 0.1) is 11.1 Å². The van der Waals surface area contributed by atoms with E-state index in [9.17, 15) is 4.79 Å². The van der Waals surface area contributed by atoms with Gasteiger partial charge >= 0.3 is 0 Å². The quantitative estimate of drug-likeness (QED) is 0.888. The molecule has 2 nitrogen and oxygen atoms in total. The zero-order chi connectivity index (χ0) is 13.3. The summed E-state index contributed by atoms with van der Waals surface area (Å²) >= 11 is 7.63. The van der Waals surface area contributed by atoms with Crippen molar-refractivity contribution in [3.05, 3.63) is 51.7 Å². The lowest BCUT2D eigenvalue weighted by molar-refractivity contribution is -0.124. The number of hydrogen-bond acceptors (Lipinski definition) is 2. The molecule has 0 atom stereocenters. The lowest BCUT2D eigenvalue weighted by Crippen LogP contribution is -2.45. The molecule has 1 amide bonds. The van der Waals surface area contributed by atoms with Gasteiger partial charge in [0.25, 0.3) is 0 Å². The Labute approximate surface area is 121 Å². The molecule has 19 heavy (non-hydrogen) atoms. The van der Waals surface area contributed by atoms with Crippen LogP contribution in [0.4, 0.5) is 5.69 Å². The summed E-state index contributed by atoms with van der Waals surface area (Å²) in [6.45, 7) is 0. The number of amides is 1. The molecule has 1 aliphatic carbocycles. The molecule has 4 heteroatoms. The lowest BCUT2D eigenvalue weighted by Gasteiger charge is -2.40. The van der Waals surface area contributed by atoms with Crippen molar-refractivity contribution in [3.8, 4) is 0 Å². The van der Waals surface area contributed by atoms with Crippen molar-refractivity contribution in [2.45, 2.75) is 24.7 Å². The second-order valence-electron chi connectivity index (χ2n) is 4.91. The van der Waals surface area contributed by atoms with Crippen molar-refractivity contribution < 1.29 is 4.79 Å². The zero-order valence-electron chi connectivity index (χ0n) is 10.4. The van der Waals surface area contributed by atoms with Crippen LogP contribution in [0.2, 0.25) is 5.02 Å². The minimum atomic E-state index is -0.396. The second kappa shape index (κ2) is 4.99. The Morgan fingerprint density at radius 1 is 1.32 bits per heavy atom. The van der Waals surface area contributed by atoms with E-state index < -0.39 is 5.41 Å². The van der Waals surface area contributed by atoms with Crippen LogP contribution in [0.3, 0.4) is 0 Å². The molecule has 1 aliphatic rings. The molecule has 1 heterocycles. The van der Waals surface area contributed by atoms with E-state index in [4.69, 9.17) is 11.6 Å². The van der Waals surface area contributed by atoms with Crippen molar-refractivity contribution in [1.82, 2.24) is 0 Å². The molecule has 0 radical (unpaired) electrons. The van der Waals surface area contributed by atoms with Gasteiger partial charge in [0.15, 0.2) is 0 Å². The zero-order valence-corrected chi connectivity index (χ0v) is 11.9. The normalized spacial score (nSPS) is 16.7. The average Bonchev–Trinajstić information content (AvgIpc) is 2.80. The highest BCUT2D eigenvalue weighted by Crippen LogP contribution is 2.45. The molecule has 0 saturated heterocycles. The van der Waals surface area contributed by atoms with Crippen molar-refractivity contribution in [2.75, 3.05) is 5.32 Å². The Hall–Kier alpha value is -1.32. The number of hydrogen-bond donors (Lipinski definition) is 1. The standard InChI is InChI=1S/C15H14ClNOS/c16-12-4-1-3-11(9-12)15(6-2-7-15)14(18)17-13-5-8-19-10-13/h1,3-5,8-10H,2,6-7H2,(H,17,18). The molecule has 0 bridgehead atoms. The van der Waals surface area contributed by atoms with Gasteiger partial charge in [-0.3, -0.25) is 4.79 Å². The fourth-order valence-corrected chi connectivity index (χ4v) is 3.33. The maximum Gasteiger partial charge on any atom is 0.235 e. The summed E-state index contributed by atoms with van der Waals surface area (Å²) in [5, 5.41) is 7.61. The van der Waals surface area contributed by atoms with Gasteiger partial charge in [-0.15, -0.1) is 0 Å². The summed E-state index contributed by atoms with van der Waals surface area (Å²) in [6.07, 6.45) is 2.87. The third kappa shape index (κ3) is 2.28. The van der Waals surface area contributed by atoms with Gasteiger partial charge in [-0.25, -0.2) is 0 Å². The van der Waals surface area contributed by atoms with E-state index in [1.807, 2.05) is 41.1 Å². The summed E-state index contributed by atoms with van der Waals surface area (Å²) in [5.41, 5.74) is 1.51. The number of rotatable bonds is 3. The first-order valence-electron chi connectivity index (χ1n) is 6.30. The highest BCUT2D eigenvalue weighted by molar-refractivity contribution is 7.08. The first-order chi connectivity index (χ1) is 9.21. The Balaban J connectivity index is 1.88. The van der Waals surface area contributed by atoms with E-state index in [-0.39, 0.29) is 5.91 Å². The third-order valence-corrected chi connectivity index (χ3v) is 4.72.